The summed E-state index contributed by atoms with van der Waals surface area (Å²) in [4.78, 5) is 17.7. The van der Waals surface area contributed by atoms with Crippen molar-refractivity contribution in [2.75, 3.05) is 37.6 Å². The van der Waals surface area contributed by atoms with Gasteiger partial charge in [-0.3, -0.25) is 4.79 Å². The highest BCUT2D eigenvalue weighted by Crippen LogP contribution is 2.41. The lowest BCUT2D eigenvalue weighted by Gasteiger charge is -2.15. The normalized spacial score (nSPS) is 17.1. The lowest BCUT2D eigenvalue weighted by Crippen LogP contribution is -2.19. The van der Waals surface area contributed by atoms with Gasteiger partial charge in [-0.05, 0) is 82.6 Å². The van der Waals surface area contributed by atoms with Crippen LogP contribution in [0, 0.1) is 12.7 Å². The lowest BCUT2D eigenvalue weighted by molar-refractivity contribution is 0.102. The van der Waals surface area contributed by atoms with Gasteiger partial charge in [0.05, 0.1) is 45.8 Å². The van der Waals surface area contributed by atoms with Crippen molar-refractivity contribution in [2.24, 2.45) is 0 Å². The fourth-order valence-corrected chi connectivity index (χ4v) is 6.18. The third kappa shape index (κ3) is 5.94. The van der Waals surface area contributed by atoms with Gasteiger partial charge in [0.1, 0.15) is 44.5 Å². The van der Waals surface area contributed by atoms with E-state index in [1.54, 1.807) is 49.6 Å². The number of anilines is 2. The minimum Gasteiger partial charge on any atom is -0.488 e. The van der Waals surface area contributed by atoms with Crippen LogP contribution in [-0.4, -0.2) is 82.4 Å². The number of alkyl halides is 2. The molecule has 5 heterocycles. The Kier molecular flexibility index (Phi) is 8.48. The molecule has 15 nitrogen and oxygen atoms in total. The summed E-state index contributed by atoms with van der Waals surface area (Å²) in [6.45, 7) is 0.609. The molecule has 0 spiro atoms. The van der Waals surface area contributed by atoms with Crippen molar-refractivity contribution in [2.45, 2.75) is 37.8 Å². The first kappa shape index (κ1) is 32.9. The number of ether oxygens (including phenoxy) is 2. The van der Waals surface area contributed by atoms with Crippen LogP contribution in [0.2, 0.25) is 0 Å². The molecule has 3 N–H and O–H groups in total. The summed E-state index contributed by atoms with van der Waals surface area (Å²) in [6, 6.07) is 12.0. The average molecular weight is 713 g/mol. The van der Waals surface area contributed by atoms with E-state index in [0.717, 1.165) is 18.5 Å². The second-order valence-electron chi connectivity index (χ2n) is 12.6. The van der Waals surface area contributed by atoms with E-state index in [9.17, 15) is 18.0 Å². The number of aryl methyl sites for hydroxylation is 1. The van der Waals surface area contributed by atoms with Crippen LogP contribution in [0.25, 0.3) is 28.5 Å². The first-order valence-electron chi connectivity index (χ1n) is 16.5. The molecule has 0 bridgehead atoms. The summed E-state index contributed by atoms with van der Waals surface area (Å²) in [7, 11) is 0. The Hall–Kier alpha value is -6.33. The van der Waals surface area contributed by atoms with Gasteiger partial charge in [-0.25, -0.2) is 27.5 Å². The highest BCUT2D eigenvalue weighted by Gasteiger charge is 2.30. The SMILES string of the molecule is Cc1cc(F)c(C(=O)Nc2cccc3c2OC[C@@H](CF)n2nnnc2-3)cc1-n1cnc(C2CC2)c1.Nc1cccc2c1OC[C@@H](CF)n1nnnc1-2. The van der Waals surface area contributed by atoms with Gasteiger partial charge in [-0.1, -0.05) is 12.1 Å². The number of imidazole rings is 1. The number of hydrogen-bond acceptors (Lipinski definition) is 11. The number of rotatable bonds is 6. The molecule has 18 heteroatoms. The fraction of sp³-hybridized carbons (Fsp3) is 0.294. The second kappa shape index (κ2) is 13.4. The Labute approximate surface area is 293 Å². The van der Waals surface area contributed by atoms with E-state index in [1.807, 2.05) is 10.8 Å². The first-order valence-corrected chi connectivity index (χ1v) is 16.5. The fourth-order valence-electron chi connectivity index (χ4n) is 6.18. The van der Waals surface area contributed by atoms with Gasteiger partial charge in [0.15, 0.2) is 23.1 Å². The first-order chi connectivity index (χ1) is 25.3. The Morgan fingerprint density at radius 3 is 2.21 bits per heavy atom. The van der Waals surface area contributed by atoms with E-state index in [2.05, 4.69) is 41.4 Å². The molecule has 3 aromatic heterocycles. The summed E-state index contributed by atoms with van der Waals surface area (Å²) >= 11 is 0. The number of tetrazole rings is 2. The maximum absolute atomic E-state index is 14.9. The van der Waals surface area contributed by atoms with Crippen molar-refractivity contribution in [1.29, 1.82) is 0 Å². The second-order valence-corrected chi connectivity index (χ2v) is 12.6. The third-order valence-corrected chi connectivity index (χ3v) is 9.07. The number of nitrogens with two attached hydrogens (primary N) is 1. The molecule has 52 heavy (non-hydrogen) atoms. The zero-order valence-electron chi connectivity index (χ0n) is 27.7. The number of hydrogen-bond donors (Lipinski definition) is 2. The van der Waals surface area contributed by atoms with Crippen LogP contribution in [-0.2, 0) is 0 Å². The molecular formula is C34H31F3N12O3. The van der Waals surface area contributed by atoms with Crippen LogP contribution in [0.1, 0.15) is 52.5 Å². The van der Waals surface area contributed by atoms with E-state index >= 15 is 0 Å². The topological polar surface area (TPSA) is 179 Å². The van der Waals surface area contributed by atoms with Crippen LogP contribution < -0.4 is 20.5 Å². The maximum atomic E-state index is 14.9. The van der Waals surface area contributed by atoms with Crippen LogP contribution in [0.3, 0.4) is 0 Å². The molecule has 6 aromatic rings. The van der Waals surface area contributed by atoms with Gasteiger partial charge in [0.2, 0.25) is 0 Å². The number of nitrogen functional groups attached to an aromatic ring is 1. The van der Waals surface area contributed by atoms with E-state index in [-0.39, 0.29) is 18.8 Å². The van der Waals surface area contributed by atoms with Crippen LogP contribution in [0.15, 0.2) is 61.1 Å². The number of fused-ring (bicyclic) bond motifs is 6. The summed E-state index contributed by atoms with van der Waals surface area (Å²) in [5.74, 6) is 0.804. The Balaban J connectivity index is 0.000000190. The molecule has 3 aliphatic rings. The number of benzene rings is 3. The molecule has 3 aromatic carbocycles. The van der Waals surface area contributed by atoms with Crippen molar-refractivity contribution in [3.63, 3.8) is 0 Å². The molecule has 0 saturated heterocycles. The van der Waals surface area contributed by atoms with Gasteiger partial charge >= 0.3 is 0 Å². The molecule has 1 aliphatic carbocycles. The minimum atomic E-state index is -0.720. The molecule has 0 radical (unpaired) electrons. The van der Waals surface area contributed by atoms with Gasteiger partial charge < -0.3 is 25.1 Å². The van der Waals surface area contributed by atoms with Crippen LogP contribution in [0.5, 0.6) is 11.5 Å². The van der Waals surface area contributed by atoms with Crippen LogP contribution in [0.4, 0.5) is 24.5 Å². The zero-order valence-corrected chi connectivity index (χ0v) is 27.7. The van der Waals surface area contributed by atoms with Gasteiger partial charge in [-0.2, -0.15) is 0 Å². The van der Waals surface area contributed by atoms with Crippen molar-refractivity contribution in [1.82, 2.24) is 50.0 Å². The van der Waals surface area contributed by atoms with Crippen molar-refractivity contribution in [3.05, 3.63) is 83.7 Å². The predicted octanol–water partition coefficient (Wildman–Crippen LogP) is 4.83. The molecule has 1 saturated carbocycles. The highest BCUT2D eigenvalue weighted by molar-refractivity contribution is 6.06. The third-order valence-electron chi connectivity index (χ3n) is 9.07. The number of nitrogens with one attached hydrogen (secondary N) is 1. The smallest absolute Gasteiger partial charge is 0.258 e. The summed E-state index contributed by atoms with van der Waals surface area (Å²) in [6.07, 6.45) is 5.85. The number of halogens is 3. The van der Waals surface area contributed by atoms with Gasteiger partial charge in [0.25, 0.3) is 5.91 Å². The Morgan fingerprint density at radius 2 is 1.56 bits per heavy atom. The largest absolute Gasteiger partial charge is 0.488 e. The number of carbonyl (C=O) groups is 1. The molecular weight excluding hydrogens is 681 g/mol. The molecule has 2 aliphatic heterocycles. The van der Waals surface area contributed by atoms with E-state index in [4.69, 9.17) is 15.2 Å². The molecule has 266 valence electrons. The molecule has 9 rings (SSSR count). The monoisotopic (exact) mass is 712 g/mol. The van der Waals surface area contributed by atoms with E-state index in [1.165, 1.54) is 21.5 Å². The highest BCUT2D eigenvalue weighted by atomic mass is 19.1. The minimum absolute atomic E-state index is 0.0264. The van der Waals surface area contributed by atoms with Crippen molar-refractivity contribution >= 4 is 17.3 Å². The number of aromatic nitrogens is 10. The average Bonchev–Trinajstić information content (AvgIpc) is 3.50. The summed E-state index contributed by atoms with van der Waals surface area (Å²) in [5.41, 5.74) is 10.0. The number of nitrogens with zero attached hydrogens (tertiary/aromatic N) is 10. The predicted molar refractivity (Wildman–Crippen MR) is 180 cm³/mol. The molecule has 2 atom stereocenters. The standard InChI is InChI=1S/C24H21F2N7O2.C10H10FN5O/c1-13-7-18(26)17(8-21(13)32-10-20(27-12-32)14-5-6-14)24(34)28-19-4-2-3-16-22(19)35-11-15(9-25)33-23(16)29-30-31-33;11-4-6-5-17-9-7(2-1-3-8(9)12)10-13-14-15-16(6)10/h2-4,7-8,10,12,14-15H,5-6,9,11H2,1H3,(H,28,34);1-3,6H,4-5,12H2/t15-;6-/m11/s1. The maximum Gasteiger partial charge on any atom is 0.258 e. The Bertz CT molecular complexity index is 2280. The molecule has 0 unspecified atom stereocenters. The summed E-state index contributed by atoms with van der Waals surface area (Å²) in [5, 5.41) is 25.5. The number of carbonyl (C=O) groups excluding carboxylic acids is 1. The number of amides is 1. The number of para-hydroxylation sites is 2. The lowest BCUT2D eigenvalue weighted by atomic mass is 10.1. The van der Waals surface area contributed by atoms with Gasteiger partial charge in [-0.15, -0.1) is 10.2 Å². The molecule has 1 amide bonds. The quantitative estimate of drug-likeness (QED) is 0.226. The Morgan fingerprint density at radius 1 is 0.923 bits per heavy atom. The molecule has 1 fully saturated rings. The summed E-state index contributed by atoms with van der Waals surface area (Å²) < 4.78 is 57.4. The van der Waals surface area contributed by atoms with Crippen LogP contribution >= 0.6 is 0 Å². The van der Waals surface area contributed by atoms with E-state index in [0.29, 0.717) is 62.8 Å². The van der Waals surface area contributed by atoms with Gasteiger partial charge in [0, 0.05) is 12.1 Å². The zero-order chi connectivity index (χ0) is 35.9. The van der Waals surface area contributed by atoms with Crippen molar-refractivity contribution in [3.8, 4) is 40.0 Å². The van der Waals surface area contributed by atoms with Crippen molar-refractivity contribution < 1.29 is 27.4 Å². The van der Waals surface area contributed by atoms with E-state index < -0.39 is 37.2 Å².